The summed E-state index contributed by atoms with van der Waals surface area (Å²) in [5.74, 6) is 6.87. The van der Waals surface area contributed by atoms with Crippen molar-refractivity contribution in [1.29, 1.82) is 0 Å². The van der Waals surface area contributed by atoms with Crippen LogP contribution in [0.4, 0.5) is 0 Å². The maximum atomic E-state index is 5.94. The molecule has 8 heteroatoms. The lowest BCUT2D eigenvalue weighted by Crippen LogP contribution is -2.30. The molecule has 1 aromatic heterocycles. The van der Waals surface area contributed by atoms with Gasteiger partial charge in [-0.1, -0.05) is 17.7 Å². The van der Waals surface area contributed by atoms with E-state index in [2.05, 4.69) is 20.8 Å². The molecular formula is C11H15ClN6O. The fraction of sp³-hybridized carbons (Fsp3) is 0.364. The van der Waals surface area contributed by atoms with Crippen LogP contribution >= 0.6 is 11.6 Å². The normalized spacial score (nSPS) is 12.4. The van der Waals surface area contributed by atoms with Gasteiger partial charge < -0.3 is 4.74 Å². The molecule has 0 saturated heterocycles. The topological polar surface area (TPSA) is 90.9 Å². The predicted molar refractivity (Wildman–Crippen MR) is 70.6 cm³/mol. The van der Waals surface area contributed by atoms with E-state index >= 15 is 0 Å². The first-order chi connectivity index (χ1) is 9.13. The van der Waals surface area contributed by atoms with Gasteiger partial charge in [-0.05, 0) is 17.3 Å². The van der Waals surface area contributed by atoms with Crippen LogP contribution in [0.15, 0.2) is 18.2 Å². The quantitative estimate of drug-likeness (QED) is 0.617. The number of halogens is 1. The van der Waals surface area contributed by atoms with Gasteiger partial charge in [0, 0.05) is 17.0 Å². The summed E-state index contributed by atoms with van der Waals surface area (Å²) in [6, 6.07) is 5.21. The summed E-state index contributed by atoms with van der Waals surface area (Å²) in [7, 11) is 3.30. The maximum Gasteiger partial charge on any atom is 0.176 e. The molecule has 0 amide bonds. The molecule has 102 valence electrons. The third kappa shape index (κ3) is 3.19. The molecule has 7 nitrogen and oxygen atoms in total. The number of rotatable bonds is 5. The van der Waals surface area contributed by atoms with Gasteiger partial charge in [0.15, 0.2) is 5.82 Å². The number of nitrogens with one attached hydrogen (secondary N) is 1. The zero-order valence-corrected chi connectivity index (χ0v) is 11.4. The van der Waals surface area contributed by atoms with Crippen molar-refractivity contribution < 1.29 is 4.74 Å². The van der Waals surface area contributed by atoms with Crippen LogP contribution in [0.5, 0.6) is 5.75 Å². The first-order valence-electron chi connectivity index (χ1n) is 5.66. The molecule has 1 heterocycles. The van der Waals surface area contributed by atoms with Crippen LogP contribution in [0.3, 0.4) is 0 Å². The maximum absolute atomic E-state index is 5.94. The minimum absolute atomic E-state index is 0.184. The summed E-state index contributed by atoms with van der Waals surface area (Å²) in [4.78, 5) is 1.40. The zero-order chi connectivity index (χ0) is 13.8. The number of nitrogens with zero attached hydrogens (tertiary/aromatic N) is 4. The Morgan fingerprint density at radius 1 is 1.53 bits per heavy atom. The van der Waals surface area contributed by atoms with Crippen LogP contribution < -0.4 is 16.0 Å². The number of tetrazole rings is 1. The fourth-order valence-electron chi connectivity index (χ4n) is 1.82. The van der Waals surface area contributed by atoms with E-state index in [0.717, 1.165) is 5.56 Å². The van der Waals surface area contributed by atoms with Gasteiger partial charge in [-0.3, -0.25) is 11.3 Å². The van der Waals surface area contributed by atoms with Crippen LogP contribution in [0.2, 0.25) is 5.02 Å². The predicted octanol–water partition coefficient (Wildman–Crippen LogP) is 0.619. The number of methoxy groups -OCH3 is 1. The minimum Gasteiger partial charge on any atom is -0.496 e. The van der Waals surface area contributed by atoms with E-state index < -0.39 is 0 Å². The molecule has 0 bridgehead atoms. The largest absolute Gasteiger partial charge is 0.496 e. The number of hydrogen-bond acceptors (Lipinski definition) is 6. The number of nitrogens with two attached hydrogens (primary N) is 1. The number of aromatic nitrogens is 4. The lowest BCUT2D eigenvalue weighted by atomic mass is 10.0. The van der Waals surface area contributed by atoms with E-state index in [0.29, 0.717) is 23.0 Å². The van der Waals surface area contributed by atoms with E-state index in [1.165, 1.54) is 4.80 Å². The SMILES string of the molecule is COc1cc(Cl)ccc1C(Cc1nnn(C)n1)NN. The van der Waals surface area contributed by atoms with Crippen molar-refractivity contribution in [3.63, 3.8) is 0 Å². The minimum atomic E-state index is -0.184. The molecule has 1 atom stereocenters. The highest BCUT2D eigenvalue weighted by Gasteiger charge is 2.18. The van der Waals surface area contributed by atoms with Crippen LogP contribution in [0.25, 0.3) is 0 Å². The molecule has 0 spiro atoms. The second-order valence-corrected chi connectivity index (χ2v) is 4.44. The lowest BCUT2D eigenvalue weighted by molar-refractivity contribution is 0.398. The average Bonchev–Trinajstić information content (AvgIpc) is 2.81. The number of hydrogen-bond donors (Lipinski definition) is 2. The van der Waals surface area contributed by atoms with E-state index in [1.54, 1.807) is 26.3 Å². The van der Waals surface area contributed by atoms with Gasteiger partial charge in [-0.25, -0.2) is 0 Å². The van der Waals surface area contributed by atoms with Crippen molar-refractivity contribution in [3.8, 4) is 5.75 Å². The van der Waals surface area contributed by atoms with Crippen molar-refractivity contribution >= 4 is 11.6 Å². The Bertz CT molecular complexity index is 558. The Kier molecular flexibility index (Phi) is 4.31. The highest BCUT2D eigenvalue weighted by atomic mass is 35.5. The molecule has 0 fully saturated rings. The van der Waals surface area contributed by atoms with Crippen molar-refractivity contribution in [3.05, 3.63) is 34.6 Å². The Hall–Kier alpha value is -1.70. The monoisotopic (exact) mass is 282 g/mol. The summed E-state index contributed by atoms with van der Waals surface area (Å²) in [6.07, 6.45) is 0.502. The lowest BCUT2D eigenvalue weighted by Gasteiger charge is -2.17. The summed E-state index contributed by atoms with van der Waals surface area (Å²) < 4.78 is 5.31. The Labute approximate surface area is 115 Å². The third-order valence-corrected chi connectivity index (χ3v) is 2.94. The van der Waals surface area contributed by atoms with Crippen molar-refractivity contribution in [2.75, 3.05) is 7.11 Å². The summed E-state index contributed by atoms with van der Waals surface area (Å²) in [6.45, 7) is 0. The molecular weight excluding hydrogens is 268 g/mol. The molecule has 19 heavy (non-hydrogen) atoms. The van der Waals surface area contributed by atoms with Gasteiger partial charge in [-0.2, -0.15) is 4.80 Å². The average molecular weight is 283 g/mol. The van der Waals surface area contributed by atoms with Crippen LogP contribution in [0, 0.1) is 0 Å². The highest BCUT2D eigenvalue weighted by Crippen LogP contribution is 2.29. The zero-order valence-electron chi connectivity index (χ0n) is 10.7. The van der Waals surface area contributed by atoms with E-state index in [1.807, 2.05) is 6.07 Å². The smallest absolute Gasteiger partial charge is 0.176 e. The van der Waals surface area contributed by atoms with Gasteiger partial charge in [0.2, 0.25) is 0 Å². The highest BCUT2D eigenvalue weighted by molar-refractivity contribution is 6.30. The molecule has 0 saturated carbocycles. The fourth-order valence-corrected chi connectivity index (χ4v) is 1.98. The van der Waals surface area contributed by atoms with Crippen molar-refractivity contribution in [2.24, 2.45) is 12.9 Å². The second kappa shape index (κ2) is 5.96. The molecule has 0 aliphatic heterocycles. The molecule has 0 radical (unpaired) electrons. The number of hydrazine groups is 1. The van der Waals surface area contributed by atoms with Gasteiger partial charge in [-0.15, -0.1) is 10.2 Å². The Morgan fingerprint density at radius 2 is 2.32 bits per heavy atom. The first-order valence-corrected chi connectivity index (χ1v) is 6.04. The molecule has 1 unspecified atom stereocenters. The number of ether oxygens (including phenoxy) is 1. The number of aryl methyl sites for hydroxylation is 1. The first kappa shape index (κ1) is 13.7. The van der Waals surface area contributed by atoms with Crippen LogP contribution in [-0.4, -0.2) is 27.3 Å². The van der Waals surface area contributed by atoms with E-state index in [9.17, 15) is 0 Å². The molecule has 2 rings (SSSR count). The van der Waals surface area contributed by atoms with E-state index in [4.69, 9.17) is 22.2 Å². The van der Waals surface area contributed by atoms with Gasteiger partial charge >= 0.3 is 0 Å². The van der Waals surface area contributed by atoms with E-state index in [-0.39, 0.29) is 6.04 Å². The van der Waals surface area contributed by atoms with Gasteiger partial charge in [0.1, 0.15) is 5.75 Å². The summed E-state index contributed by atoms with van der Waals surface area (Å²) in [5, 5.41) is 12.5. The molecule has 2 aromatic rings. The van der Waals surface area contributed by atoms with Crippen molar-refractivity contribution in [1.82, 2.24) is 25.6 Å². The summed E-state index contributed by atoms with van der Waals surface area (Å²) in [5.41, 5.74) is 3.62. The molecule has 0 aliphatic carbocycles. The Balaban J connectivity index is 2.26. The molecule has 1 aromatic carbocycles. The van der Waals surface area contributed by atoms with Crippen molar-refractivity contribution in [2.45, 2.75) is 12.5 Å². The number of benzene rings is 1. The second-order valence-electron chi connectivity index (χ2n) is 4.00. The molecule has 3 N–H and O–H groups in total. The van der Waals surface area contributed by atoms with Gasteiger partial charge in [0.05, 0.1) is 20.2 Å². The standard InChI is InChI=1S/C11H15ClN6O/c1-18-16-11(15-17-18)6-9(14-13)8-4-3-7(12)5-10(8)19-2/h3-5,9,14H,6,13H2,1-2H3. The Morgan fingerprint density at radius 3 is 2.89 bits per heavy atom. The summed E-state index contributed by atoms with van der Waals surface area (Å²) >= 11 is 5.94. The molecule has 0 aliphatic rings. The van der Waals surface area contributed by atoms with Crippen LogP contribution in [-0.2, 0) is 13.5 Å². The van der Waals surface area contributed by atoms with Gasteiger partial charge in [0.25, 0.3) is 0 Å². The third-order valence-electron chi connectivity index (χ3n) is 2.71. The van der Waals surface area contributed by atoms with Crippen LogP contribution in [0.1, 0.15) is 17.4 Å².